The Morgan fingerprint density at radius 1 is 1.21 bits per heavy atom. The third kappa shape index (κ3) is 5.13. The molecule has 0 spiro atoms. The maximum absolute atomic E-state index is 14.6. The van der Waals surface area contributed by atoms with Gasteiger partial charge in [0.05, 0.1) is 17.6 Å². The van der Waals surface area contributed by atoms with E-state index in [0.29, 0.717) is 37.3 Å². The summed E-state index contributed by atoms with van der Waals surface area (Å²) in [5.41, 5.74) is 1.44. The van der Waals surface area contributed by atoms with Crippen molar-refractivity contribution in [1.82, 2.24) is 24.5 Å². The number of likely N-dealkylation sites (tertiary alicyclic amines) is 1. The van der Waals surface area contributed by atoms with Crippen molar-refractivity contribution in [2.45, 2.75) is 59.0 Å². The van der Waals surface area contributed by atoms with Gasteiger partial charge in [-0.2, -0.15) is 4.98 Å². The molecule has 0 bridgehead atoms. The van der Waals surface area contributed by atoms with Crippen LogP contribution in [0.25, 0.3) is 5.65 Å². The Balaban J connectivity index is 1.42. The van der Waals surface area contributed by atoms with Crippen LogP contribution < -0.4 is 5.32 Å². The molecule has 2 amide bonds. The smallest absolute Gasteiger partial charge is 0.410 e. The van der Waals surface area contributed by atoms with E-state index < -0.39 is 17.3 Å². The van der Waals surface area contributed by atoms with Gasteiger partial charge < -0.3 is 9.64 Å². The van der Waals surface area contributed by atoms with Crippen LogP contribution in [-0.4, -0.2) is 55.2 Å². The highest BCUT2D eigenvalue weighted by atomic mass is 32.1. The van der Waals surface area contributed by atoms with Gasteiger partial charge in [-0.15, -0.1) is 16.4 Å². The average molecular weight is 475 g/mol. The number of rotatable bonds is 3. The fourth-order valence-electron chi connectivity index (χ4n) is 3.81. The van der Waals surface area contributed by atoms with Crippen molar-refractivity contribution in [2.75, 3.05) is 18.4 Å². The molecule has 33 heavy (non-hydrogen) atoms. The number of nitrogens with zero attached hydrogens (tertiary/aromatic N) is 5. The SMILES string of the molecule is Cc1cn2nc(NC(=O)c3sc(C4CCN(C(=O)OC(C)(C)C)CC4)cc3F)nc2c(C)n1. The van der Waals surface area contributed by atoms with Crippen LogP contribution in [0.1, 0.15) is 65.5 Å². The van der Waals surface area contributed by atoms with Crippen molar-refractivity contribution in [1.29, 1.82) is 0 Å². The van der Waals surface area contributed by atoms with Gasteiger partial charge in [-0.25, -0.2) is 13.7 Å². The van der Waals surface area contributed by atoms with Crippen molar-refractivity contribution >= 4 is 34.9 Å². The highest BCUT2D eigenvalue weighted by Gasteiger charge is 2.29. The molecule has 1 fully saturated rings. The lowest BCUT2D eigenvalue weighted by molar-refractivity contribution is 0.0205. The number of anilines is 1. The van der Waals surface area contributed by atoms with Crippen molar-refractivity contribution < 1.29 is 18.7 Å². The van der Waals surface area contributed by atoms with Gasteiger partial charge in [0.25, 0.3) is 5.91 Å². The number of carbonyl (C=O) groups excluding carboxylic acids is 2. The van der Waals surface area contributed by atoms with E-state index in [1.54, 1.807) is 15.6 Å². The van der Waals surface area contributed by atoms with Gasteiger partial charge in [0.2, 0.25) is 5.95 Å². The third-order valence-corrected chi connectivity index (χ3v) is 6.57. The number of piperidine rings is 1. The summed E-state index contributed by atoms with van der Waals surface area (Å²) in [5, 5.41) is 6.83. The summed E-state index contributed by atoms with van der Waals surface area (Å²) in [6.07, 6.45) is 2.73. The first-order chi connectivity index (χ1) is 15.5. The van der Waals surface area contributed by atoms with Crippen LogP contribution in [0.5, 0.6) is 0 Å². The highest BCUT2D eigenvalue weighted by molar-refractivity contribution is 7.14. The van der Waals surface area contributed by atoms with Gasteiger partial charge in [0.15, 0.2) is 5.65 Å². The Kier molecular flexibility index (Phi) is 6.08. The van der Waals surface area contributed by atoms with Crippen LogP contribution in [0.2, 0.25) is 0 Å². The molecule has 4 heterocycles. The average Bonchev–Trinajstić information content (AvgIpc) is 3.30. The van der Waals surface area contributed by atoms with Gasteiger partial charge in [-0.05, 0) is 59.4 Å². The van der Waals surface area contributed by atoms with Crippen molar-refractivity contribution in [3.63, 3.8) is 0 Å². The van der Waals surface area contributed by atoms with Crippen LogP contribution in [0.3, 0.4) is 0 Å². The molecule has 0 unspecified atom stereocenters. The minimum absolute atomic E-state index is 0.00976. The molecule has 4 rings (SSSR count). The lowest BCUT2D eigenvalue weighted by Crippen LogP contribution is -2.41. The van der Waals surface area contributed by atoms with E-state index in [1.165, 1.54) is 6.07 Å². The molecule has 0 saturated carbocycles. The minimum atomic E-state index is -0.590. The molecule has 1 aliphatic heterocycles. The van der Waals surface area contributed by atoms with E-state index in [4.69, 9.17) is 4.74 Å². The molecular formula is C22H27FN6O3S. The van der Waals surface area contributed by atoms with E-state index in [1.807, 2.05) is 34.6 Å². The van der Waals surface area contributed by atoms with E-state index in [-0.39, 0.29) is 22.8 Å². The predicted molar refractivity (Wildman–Crippen MR) is 122 cm³/mol. The van der Waals surface area contributed by atoms with E-state index >= 15 is 0 Å². The summed E-state index contributed by atoms with van der Waals surface area (Å²) in [4.78, 5) is 36.0. The van der Waals surface area contributed by atoms with Crippen LogP contribution in [-0.2, 0) is 4.74 Å². The summed E-state index contributed by atoms with van der Waals surface area (Å²) in [6.45, 7) is 10.2. The minimum Gasteiger partial charge on any atom is -0.444 e. The Morgan fingerprint density at radius 2 is 1.91 bits per heavy atom. The molecule has 0 atom stereocenters. The van der Waals surface area contributed by atoms with Crippen molar-refractivity contribution in [3.8, 4) is 0 Å². The van der Waals surface area contributed by atoms with Crippen molar-refractivity contribution in [3.05, 3.63) is 39.2 Å². The number of thiophene rings is 1. The van der Waals surface area contributed by atoms with Crippen molar-refractivity contribution in [2.24, 2.45) is 0 Å². The number of ether oxygens (including phenoxy) is 1. The topological polar surface area (TPSA) is 102 Å². The summed E-state index contributed by atoms with van der Waals surface area (Å²) < 4.78 is 21.6. The molecule has 0 aromatic carbocycles. The van der Waals surface area contributed by atoms with Gasteiger partial charge >= 0.3 is 6.09 Å². The Morgan fingerprint density at radius 3 is 2.58 bits per heavy atom. The molecule has 176 valence electrons. The number of fused-ring (bicyclic) bond motifs is 1. The lowest BCUT2D eigenvalue weighted by atomic mass is 9.95. The van der Waals surface area contributed by atoms with Crippen LogP contribution in [0.15, 0.2) is 12.3 Å². The molecule has 0 radical (unpaired) electrons. The Labute approximate surface area is 195 Å². The van der Waals surface area contributed by atoms with Gasteiger partial charge in [-0.1, -0.05) is 0 Å². The van der Waals surface area contributed by atoms with Crippen LogP contribution >= 0.6 is 11.3 Å². The molecule has 3 aromatic heterocycles. The standard InChI is InChI=1S/C22H27FN6O3S/c1-12-11-29-18(13(2)24-12)25-20(27-29)26-19(30)17-15(23)10-16(33-17)14-6-8-28(9-7-14)21(31)32-22(3,4)5/h10-11,14H,6-9H2,1-5H3,(H,26,27,30). The summed E-state index contributed by atoms with van der Waals surface area (Å²) in [6, 6.07) is 1.42. The lowest BCUT2D eigenvalue weighted by Gasteiger charge is -2.33. The molecule has 9 nitrogen and oxygen atoms in total. The van der Waals surface area contributed by atoms with Crippen LogP contribution in [0.4, 0.5) is 15.1 Å². The van der Waals surface area contributed by atoms with Gasteiger partial charge in [0.1, 0.15) is 16.3 Å². The molecule has 1 N–H and O–H groups in total. The Hall–Kier alpha value is -3.08. The molecule has 3 aromatic rings. The second-order valence-electron chi connectivity index (χ2n) is 9.19. The number of hydrogen-bond acceptors (Lipinski definition) is 7. The van der Waals surface area contributed by atoms with Gasteiger partial charge in [0, 0.05) is 18.0 Å². The monoisotopic (exact) mass is 474 g/mol. The quantitative estimate of drug-likeness (QED) is 0.607. The Bertz CT molecular complexity index is 1210. The fourth-order valence-corrected chi connectivity index (χ4v) is 4.91. The zero-order valence-corrected chi connectivity index (χ0v) is 20.1. The highest BCUT2D eigenvalue weighted by Crippen LogP contribution is 2.35. The molecule has 1 aliphatic rings. The molecule has 0 aliphatic carbocycles. The number of aryl methyl sites for hydroxylation is 2. The zero-order valence-electron chi connectivity index (χ0n) is 19.3. The second kappa shape index (κ2) is 8.69. The number of carbonyl (C=O) groups is 2. The zero-order chi connectivity index (χ0) is 23.9. The molecule has 1 saturated heterocycles. The van der Waals surface area contributed by atoms with Gasteiger partial charge in [-0.3, -0.25) is 15.1 Å². The number of nitrogens with one attached hydrogen (secondary N) is 1. The van der Waals surface area contributed by atoms with E-state index in [0.717, 1.165) is 21.9 Å². The molecule has 11 heteroatoms. The fraction of sp³-hybridized carbons (Fsp3) is 0.500. The number of aromatic nitrogens is 4. The maximum Gasteiger partial charge on any atom is 0.410 e. The normalized spacial score (nSPS) is 15.2. The number of amides is 2. The summed E-state index contributed by atoms with van der Waals surface area (Å²) in [7, 11) is 0. The van der Waals surface area contributed by atoms with E-state index in [9.17, 15) is 14.0 Å². The first-order valence-corrected chi connectivity index (χ1v) is 11.6. The molecular weight excluding hydrogens is 447 g/mol. The first-order valence-electron chi connectivity index (χ1n) is 10.8. The second-order valence-corrected chi connectivity index (χ2v) is 10.3. The number of hydrogen-bond donors (Lipinski definition) is 1. The summed E-state index contributed by atoms with van der Waals surface area (Å²) in [5.74, 6) is -0.988. The summed E-state index contributed by atoms with van der Waals surface area (Å²) >= 11 is 1.13. The number of halogens is 1. The third-order valence-electron chi connectivity index (χ3n) is 5.29. The largest absolute Gasteiger partial charge is 0.444 e. The maximum atomic E-state index is 14.6. The van der Waals surface area contributed by atoms with Crippen LogP contribution in [0, 0.1) is 19.7 Å². The first kappa shape index (κ1) is 23.1. The predicted octanol–water partition coefficient (Wildman–Crippen LogP) is 4.31. The van der Waals surface area contributed by atoms with E-state index in [2.05, 4.69) is 20.4 Å².